The zero-order chi connectivity index (χ0) is 11.4. The van der Waals surface area contributed by atoms with Gasteiger partial charge in [0.1, 0.15) is 5.82 Å². The topological polar surface area (TPSA) is 0 Å². The molecule has 0 saturated carbocycles. The standard InChI is InChI=1S/C13H10BrFS/c14-11-3-1-10(2-4-11)9-16-13-7-5-12(15)6-8-13/h1-8H,9H2. The van der Waals surface area contributed by atoms with Crippen molar-refractivity contribution in [2.75, 3.05) is 0 Å². The lowest BCUT2D eigenvalue weighted by molar-refractivity contribution is 0.626. The fraction of sp³-hybridized carbons (Fsp3) is 0.0769. The molecule has 0 amide bonds. The Kier molecular flexibility index (Phi) is 4.02. The van der Waals surface area contributed by atoms with E-state index in [-0.39, 0.29) is 5.82 Å². The van der Waals surface area contributed by atoms with Gasteiger partial charge >= 0.3 is 0 Å². The molecule has 0 spiro atoms. The summed E-state index contributed by atoms with van der Waals surface area (Å²) in [5, 5.41) is 0. The van der Waals surface area contributed by atoms with E-state index in [2.05, 4.69) is 28.1 Å². The Morgan fingerprint density at radius 3 is 2.19 bits per heavy atom. The number of hydrogen-bond donors (Lipinski definition) is 0. The predicted molar refractivity (Wildman–Crippen MR) is 70.1 cm³/mol. The summed E-state index contributed by atoms with van der Waals surface area (Å²) in [6.45, 7) is 0. The minimum atomic E-state index is -0.187. The third-order valence-corrected chi connectivity index (χ3v) is 3.74. The van der Waals surface area contributed by atoms with Crippen LogP contribution in [0, 0.1) is 5.82 Å². The molecule has 0 atom stereocenters. The van der Waals surface area contributed by atoms with Gasteiger partial charge in [-0.15, -0.1) is 11.8 Å². The highest BCUT2D eigenvalue weighted by Crippen LogP contribution is 2.23. The minimum Gasteiger partial charge on any atom is -0.207 e. The molecule has 0 fully saturated rings. The summed E-state index contributed by atoms with van der Waals surface area (Å²) in [5.74, 6) is 0.715. The summed E-state index contributed by atoms with van der Waals surface area (Å²) in [6, 6.07) is 14.8. The second-order valence-corrected chi connectivity index (χ2v) is 5.33. The van der Waals surface area contributed by atoms with E-state index in [0.717, 1.165) is 15.1 Å². The van der Waals surface area contributed by atoms with Gasteiger partial charge in [-0.1, -0.05) is 28.1 Å². The molecule has 0 nitrogen and oxygen atoms in total. The molecule has 0 bridgehead atoms. The van der Waals surface area contributed by atoms with Gasteiger partial charge in [-0.3, -0.25) is 0 Å². The maximum absolute atomic E-state index is 12.7. The van der Waals surface area contributed by atoms with Gasteiger partial charge in [0.05, 0.1) is 0 Å². The van der Waals surface area contributed by atoms with Crippen LogP contribution in [-0.2, 0) is 5.75 Å². The van der Waals surface area contributed by atoms with Gasteiger partial charge in [0.2, 0.25) is 0 Å². The highest BCUT2D eigenvalue weighted by molar-refractivity contribution is 9.10. The van der Waals surface area contributed by atoms with Crippen LogP contribution in [0.3, 0.4) is 0 Å². The van der Waals surface area contributed by atoms with Crippen molar-refractivity contribution >= 4 is 27.7 Å². The predicted octanol–water partition coefficient (Wildman–Crippen LogP) is 4.88. The molecule has 0 heterocycles. The van der Waals surface area contributed by atoms with Crippen molar-refractivity contribution in [3.05, 3.63) is 64.4 Å². The van der Waals surface area contributed by atoms with E-state index in [0.29, 0.717) is 0 Å². The average molecular weight is 297 g/mol. The molecule has 0 aliphatic heterocycles. The van der Waals surface area contributed by atoms with E-state index >= 15 is 0 Å². The molecule has 2 aromatic carbocycles. The van der Waals surface area contributed by atoms with Crippen molar-refractivity contribution in [2.45, 2.75) is 10.6 Å². The summed E-state index contributed by atoms with van der Waals surface area (Å²) in [6.07, 6.45) is 0. The van der Waals surface area contributed by atoms with E-state index in [1.165, 1.54) is 17.7 Å². The Bertz CT molecular complexity index is 405. The summed E-state index contributed by atoms with van der Waals surface area (Å²) >= 11 is 5.11. The van der Waals surface area contributed by atoms with E-state index in [1.807, 2.05) is 12.1 Å². The van der Waals surface area contributed by atoms with Crippen LogP contribution < -0.4 is 0 Å². The molecular weight excluding hydrogens is 287 g/mol. The van der Waals surface area contributed by atoms with Crippen LogP contribution in [-0.4, -0.2) is 0 Å². The largest absolute Gasteiger partial charge is 0.207 e. The lowest BCUT2D eigenvalue weighted by Gasteiger charge is -2.02. The highest BCUT2D eigenvalue weighted by Gasteiger charge is 1.97. The molecular formula is C13H10BrFS. The third-order valence-electron chi connectivity index (χ3n) is 2.13. The summed E-state index contributed by atoms with van der Waals surface area (Å²) < 4.78 is 13.8. The molecule has 0 aliphatic carbocycles. The lowest BCUT2D eigenvalue weighted by atomic mass is 10.2. The fourth-order valence-electron chi connectivity index (χ4n) is 1.28. The Labute approximate surface area is 107 Å². The van der Waals surface area contributed by atoms with Gasteiger partial charge in [-0.2, -0.15) is 0 Å². The number of hydrogen-bond acceptors (Lipinski definition) is 1. The maximum Gasteiger partial charge on any atom is 0.123 e. The molecule has 2 aromatic rings. The van der Waals surface area contributed by atoms with Gasteiger partial charge in [-0.25, -0.2) is 4.39 Å². The Hall–Kier alpha value is -0.800. The van der Waals surface area contributed by atoms with Crippen LogP contribution >= 0.6 is 27.7 Å². The second-order valence-electron chi connectivity index (χ2n) is 3.37. The van der Waals surface area contributed by atoms with Crippen molar-refractivity contribution in [3.63, 3.8) is 0 Å². The van der Waals surface area contributed by atoms with Gasteiger partial charge in [0, 0.05) is 15.1 Å². The van der Waals surface area contributed by atoms with Gasteiger partial charge in [-0.05, 0) is 42.0 Å². The number of halogens is 2. The van der Waals surface area contributed by atoms with Crippen molar-refractivity contribution in [2.24, 2.45) is 0 Å². The molecule has 0 unspecified atom stereocenters. The first-order valence-electron chi connectivity index (χ1n) is 4.87. The van der Waals surface area contributed by atoms with Crippen LogP contribution in [0.4, 0.5) is 4.39 Å². The zero-order valence-corrected chi connectivity index (χ0v) is 10.9. The molecule has 3 heteroatoms. The van der Waals surface area contributed by atoms with Crippen molar-refractivity contribution in [3.8, 4) is 0 Å². The maximum atomic E-state index is 12.7. The average Bonchev–Trinajstić information content (AvgIpc) is 2.30. The minimum absolute atomic E-state index is 0.187. The number of thioether (sulfide) groups is 1. The van der Waals surface area contributed by atoms with Crippen molar-refractivity contribution in [1.29, 1.82) is 0 Å². The van der Waals surface area contributed by atoms with Crippen molar-refractivity contribution in [1.82, 2.24) is 0 Å². The van der Waals surface area contributed by atoms with Gasteiger partial charge in [0.15, 0.2) is 0 Å². The van der Waals surface area contributed by atoms with Gasteiger partial charge in [0.25, 0.3) is 0 Å². The molecule has 0 saturated heterocycles. The smallest absolute Gasteiger partial charge is 0.123 e. The lowest BCUT2D eigenvalue weighted by Crippen LogP contribution is -1.80. The highest BCUT2D eigenvalue weighted by atomic mass is 79.9. The normalized spacial score (nSPS) is 10.4. The molecule has 82 valence electrons. The molecule has 16 heavy (non-hydrogen) atoms. The van der Waals surface area contributed by atoms with E-state index in [9.17, 15) is 4.39 Å². The van der Waals surface area contributed by atoms with Crippen molar-refractivity contribution < 1.29 is 4.39 Å². The van der Waals surface area contributed by atoms with Crippen LogP contribution in [0.2, 0.25) is 0 Å². The van der Waals surface area contributed by atoms with Crippen LogP contribution in [0.5, 0.6) is 0 Å². The SMILES string of the molecule is Fc1ccc(SCc2ccc(Br)cc2)cc1. The summed E-state index contributed by atoms with van der Waals surface area (Å²) in [7, 11) is 0. The molecule has 0 aromatic heterocycles. The second kappa shape index (κ2) is 5.51. The Morgan fingerprint density at radius 1 is 0.938 bits per heavy atom. The summed E-state index contributed by atoms with van der Waals surface area (Å²) in [4.78, 5) is 1.09. The molecule has 0 N–H and O–H groups in total. The molecule has 0 radical (unpaired) electrons. The quantitative estimate of drug-likeness (QED) is 0.728. The zero-order valence-electron chi connectivity index (χ0n) is 8.49. The van der Waals surface area contributed by atoms with E-state index in [1.54, 1.807) is 23.9 Å². The van der Waals surface area contributed by atoms with Crippen LogP contribution in [0.1, 0.15) is 5.56 Å². The summed E-state index contributed by atoms with van der Waals surface area (Å²) in [5.41, 5.74) is 1.26. The third kappa shape index (κ3) is 3.35. The monoisotopic (exact) mass is 296 g/mol. The molecule has 0 aliphatic rings. The van der Waals surface area contributed by atoms with E-state index < -0.39 is 0 Å². The number of rotatable bonds is 3. The first-order valence-corrected chi connectivity index (χ1v) is 6.65. The fourth-order valence-corrected chi connectivity index (χ4v) is 2.40. The van der Waals surface area contributed by atoms with Crippen LogP contribution in [0.25, 0.3) is 0 Å². The first-order chi connectivity index (χ1) is 7.74. The van der Waals surface area contributed by atoms with Crippen LogP contribution in [0.15, 0.2) is 57.9 Å². The molecule has 2 rings (SSSR count). The first kappa shape index (κ1) is 11.7. The Morgan fingerprint density at radius 2 is 1.56 bits per heavy atom. The van der Waals surface area contributed by atoms with Gasteiger partial charge < -0.3 is 0 Å². The number of benzene rings is 2. The van der Waals surface area contributed by atoms with E-state index in [4.69, 9.17) is 0 Å². The Balaban J connectivity index is 1.97.